The van der Waals surface area contributed by atoms with Crippen molar-refractivity contribution in [2.45, 2.75) is 192 Å². The van der Waals surface area contributed by atoms with Crippen LogP contribution in [0.3, 0.4) is 0 Å². The number of carbonyl (C=O) groups is 3. The summed E-state index contributed by atoms with van der Waals surface area (Å²) in [5.41, 5.74) is 5.32. The van der Waals surface area contributed by atoms with Crippen LogP contribution >= 0.6 is 7.82 Å². The van der Waals surface area contributed by atoms with Crippen LogP contribution in [0.2, 0.25) is 0 Å². The molecule has 0 radical (unpaired) electrons. The molecule has 1 saturated heterocycles. The third-order valence-electron chi connectivity index (χ3n) is 9.32. The zero-order valence-corrected chi connectivity index (χ0v) is 34.9. The quantitative estimate of drug-likeness (QED) is 0.0177. The number of carbonyl (C=O) groups excluding carboxylic acids is 2. The molecule has 3 unspecified atom stereocenters. The SMILES string of the molecule is CCCCCCCCCCCCCCCC(=O)OC[C@H](COP(=O)(O)OC[C@H](N)C(=O)O)OC(=O)CCC/C=C\C/C=C\C/C=C\CC1OC1CCCCC. The van der Waals surface area contributed by atoms with Crippen molar-refractivity contribution in [2.24, 2.45) is 5.73 Å². The number of phosphoric acid groups is 1. The minimum Gasteiger partial charge on any atom is -0.480 e. The number of phosphoric ester groups is 1. The maximum Gasteiger partial charge on any atom is 0.472 e. The number of ether oxygens (including phenoxy) is 3. The Hall–Kier alpha value is -2.34. The molecule has 0 saturated carbocycles. The van der Waals surface area contributed by atoms with Crippen LogP contribution in [0.4, 0.5) is 0 Å². The van der Waals surface area contributed by atoms with E-state index in [9.17, 15) is 23.8 Å². The van der Waals surface area contributed by atoms with E-state index in [0.717, 1.165) is 38.5 Å². The predicted octanol–water partition coefficient (Wildman–Crippen LogP) is 9.83. The number of epoxide rings is 1. The van der Waals surface area contributed by atoms with Crippen LogP contribution in [0.25, 0.3) is 0 Å². The highest BCUT2D eigenvalue weighted by Gasteiger charge is 2.36. The fourth-order valence-electron chi connectivity index (χ4n) is 5.86. The van der Waals surface area contributed by atoms with Gasteiger partial charge in [0.25, 0.3) is 0 Å². The average Bonchev–Trinajstić information content (AvgIpc) is 3.91. The number of unbranched alkanes of at least 4 members (excludes halogenated alkanes) is 15. The van der Waals surface area contributed by atoms with Gasteiger partial charge < -0.3 is 29.9 Å². The number of hydrogen-bond donors (Lipinski definition) is 3. The summed E-state index contributed by atoms with van der Waals surface area (Å²) in [7, 11) is -4.73. The molecule has 0 aliphatic carbocycles. The lowest BCUT2D eigenvalue weighted by atomic mass is 10.0. The van der Waals surface area contributed by atoms with E-state index in [1.807, 2.05) is 12.2 Å². The van der Waals surface area contributed by atoms with Crippen molar-refractivity contribution in [3.05, 3.63) is 36.5 Å². The van der Waals surface area contributed by atoms with Crippen molar-refractivity contribution in [2.75, 3.05) is 19.8 Å². The fourth-order valence-corrected chi connectivity index (χ4v) is 6.64. The zero-order chi connectivity index (χ0) is 40.4. The summed E-state index contributed by atoms with van der Waals surface area (Å²) in [6.45, 7) is 2.70. The monoisotopic (exact) mass is 799 g/mol. The third kappa shape index (κ3) is 31.4. The van der Waals surface area contributed by atoms with Gasteiger partial charge in [-0.2, -0.15) is 0 Å². The Kier molecular flexibility index (Phi) is 31.1. The van der Waals surface area contributed by atoms with Gasteiger partial charge in [0, 0.05) is 12.8 Å². The molecule has 1 rings (SSSR count). The lowest BCUT2D eigenvalue weighted by Gasteiger charge is -2.20. The first-order chi connectivity index (χ1) is 26.6. The number of aliphatic carboxylic acids is 1. The van der Waals surface area contributed by atoms with Gasteiger partial charge in [-0.1, -0.05) is 147 Å². The second-order valence-corrected chi connectivity index (χ2v) is 16.0. The van der Waals surface area contributed by atoms with Gasteiger partial charge in [-0.25, -0.2) is 4.57 Å². The van der Waals surface area contributed by atoms with Crippen molar-refractivity contribution >= 4 is 25.7 Å². The number of hydrogen-bond acceptors (Lipinski definition) is 10. The molecule has 318 valence electrons. The van der Waals surface area contributed by atoms with Crippen LogP contribution in [0.1, 0.15) is 168 Å². The molecule has 1 fully saturated rings. The van der Waals surface area contributed by atoms with Gasteiger partial charge in [-0.3, -0.25) is 23.4 Å². The number of esters is 2. The van der Waals surface area contributed by atoms with Gasteiger partial charge in [-0.05, 0) is 44.9 Å². The summed E-state index contributed by atoms with van der Waals surface area (Å²) in [6, 6.07) is -1.53. The van der Waals surface area contributed by atoms with Crippen LogP contribution in [0.15, 0.2) is 36.5 Å². The molecule has 0 spiro atoms. The number of nitrogens with two attached hydrogens (primary N) is 1. The normalized spacial score (nSPS) is 17.8. The molecule has 13 heteroatoms. The average molecular weight is 800 g/mol. The fraction of sp³-hybridized carbons (Fsp3) is 0.786. The second-order valence-electron chi connectivity index (χ2n) is 14.5. The van der Waals surface area contributed by atoms with Gasteiger partial charge in [0.05, 0.1) is 25.4 Å². The Morgan fingerprint density at radius 1 is 0.673 bits per heavy atom. The van der Waals surface area contributed by atoms with Crippen molar-refractivity contribution < 1.29 is 52.2 Å². The van der Waals surface area contributed by atoms with E-state index in [-0.39, 0.29) is 19.4 Å². The molecule has 0 bridgehead atoms. The first kappa shape index (κ1) is 50.7. The van der Waals surface area contributed by atoms with E-state index in [1.165, 1.54) is 83.5 Å². The summed E-state index contributed by atoms with van der Waals surface area (Å²) in [5.74, 6) is -2.46. The molecule has 4 N–H and O–H groups in total. The van der Waals surface area contributed by atoms with Gasteiger partial charge >= 0.3 is 25.7 Å². The minimum absolute atomic E-state index is 0.0826. The van der Waals surface area contributed by atoms with Gasteiger partial charge in [0.15, 0.2) is 6.10 Å². The molecule has 5 atom stereocenters. The van der Waals surface area contributed by atoms with Crippen molar-refractivity contribution in [1.29, 1.82) is 0 Å². The minimum atomic E-state index is -4.73. The summed E-state index contributed by atoms with van der Waals surface area (Å²) in [5, 5.41) is 8.88. The lowest BCUT2D eigenvalue weighted by Crippen LogP contribution is -2.34. The van der Waals surface area contributed by atoms with E-state index in [4.69, 9.17) is 29.6 Å². The Morgan fingerprint density at radius 3 is 1.82 bits per heavy atom. The highest BCUT2D eigenvalue weighted by Crippen LogP contribution is 2.43. The highest BCUT2D eigenvalue weighted by atomic mass is 31.2. The van der Waals surface area contributed by atoms with Gasteiger partial charge in [-0.15, -0.1) is 0 Å². The summed E-state index contributed by atoms with van der Waals surface area (Å²) in [4.78, 5) is 45.9. The molecule has 55 heavy (non-hydrogen) atoms. The lowest BCUT2D eigenvalue weighted by molar-refractivity contribution is -0.161. The summed E-state index contributed by atoms with van der Waals surface area (Å²) in [6.07, 6.45) is 36.8. The van der Waals surface area contributed by atoms with Crippen molar-refractivity contribution in [1.82, 2.24) is 0 Å². The first-order valence-electron chi connectivity index (χ1n) is 21.1. The van der Waals surface area contributed by atoms with Crippen molar-refractivity contribution in [3.63, 3.8) is 0 Å². The van der Waals surface area contributed by atoms with Crippen LogP contribution in [0, 0.1) is 0 Å². The van der Waals surface area contributed by atoms with E-state index in [0.29, 0.717) is 31.5 Å². The van der Waals surface area contributed by atoms with E-state index in [2.05, 4.69) is 42.7 Å². The van der Waals surface area contributed by atoms with Crippen LogP contribution in [-0.2, 0) is 42.2 Å². The Labute approximate surface area is 331 Å². The van der Waals surface area contributed by atoms with E-state index < -0.39 is 51.1 Å². The standard InChI is InChI=1S/C42H74NO11P/c1-3-5-7-8-9-10-11-12-13-17-20-23-27-31-40(44)50-33-36(34-51-55(48,49)52-35-37(43)42(46)47)53-41(45)32-28-24-21-18-15-14-16-19-22-26-30-39-38(54-39)29-25-6-4-2/h14,16,18,21-22,26,36-39H,3-13,15,17,19-20,23-25,27-35,43H2,1-2H3,(H,46,47)(H,48,49)/b16-14-,21-18-,26-22-/t36-,37+,38?,39?/m1/s1. The third-order valence-corrected chi connectivity index (χ3v) is 10.3. The molecule has 1 aliphatic heterocycles. The molecule has 0 aromatic rings. The zero-order valence-electron chi connectivity index (χ0n) is 34.0. The highest BCUT2D eigenvalue weighted by molar-refractivity contribution is 7.47. The maximum atomic E-state index is 12.6. The molecule has 0 aromatic heterocycles. The molecular formula is C42H74NO11P. The number of allylic oxidation sites excluding steroid dienone is 5. The van der Waals surface area contributed by atoms with Crippen LogP contribution in [0.5, 0.6) is 0 Å². The predicted molar refractivity (Wildman–Crippen MR) is 216 cm³/mol. The molecule has 1 heterocycles. The number of rotatable bonds is 38. The summed E-state index contributed by atoms with van der Waals surface area (Å²) < 4.78 is 38.3. The first-order valence-corrected chi connectivity index (χ1v) is 22.6. The molecular weight excluding hydrogens is 725 g/mol. The Bertz CT molecular complexity index is 1140. The molecule has 0 amide bonds. The summed E-state index contributed by atoms with van der Waals surface area (Å²) >= 11 is 0. The smallest absolute Gasteiger partial charge is 0.472 e. The molecule has 12 nitrogen and oxygen atoms in total. The van der Waals surface area contributed by atoms with Crippen LogP contribution in [-0.4, -0.2) is 72.1 Å². The Balaban J connectivity index is 2.33. The van der Waals surface area contributed by atoms with Crippen molar-refractivity contribution in [3.8, 4) is 0 Å². The largest absolute Gasteiger partial charge is 0.480 e. The van der Waals surface area contributed by atoms with Gasteiger partial charge in [0.2, 0.25) is 0 Å². The van der Waals surface area contributed by atoms with Crippen LogP contribution < -0.4 is 5.73 Å². The van der Waals surface area contributed by atoms with E-state index >= 15 is 0 Å². The molecule has 0 aromatic carbocycles. The molecule has 1 aliphatic rings. The maximum absolute atomic E-state index is 12.6. The Morgan fingerprint density at radius 2 is 1.20 bits per heavy atom. The number of carboxylic acid groups (broad SMARTS) is 1. The van der Waals surface area contributed by atoms with Gasteiger partial charge in [0.1, 0.15) is 12.6 Å². The number of carboxylic acids is 1. The topological polar surface area (TPSA) is 184 Å². The second kappa shape index (κ2) is 33.8. The van der Waals surface area contributed by atoms with E-state index in [1.54, 1.807) is 0 Å².